The SMILES string of the molecule is COc1ccc(N(CC(=O)N/N=C\c2cc(C)n(-c3cc(Cl)ccc3Cl)c2C)S(=O)(=O)c2ccccc2)c(OC)c1. The van der Waals surface area contributed by atoms with Gasteiger partial charge < -0.3 is 14.0 Å². The summed E-state index contributed by atoms with van der Waals surface area (Å²) in [6.07, 6.45) is 1.49. The molecule has 0 saturated carbocycles. The Morgan fingerprint density at radius 3 is 2.41 bits per heavy atom. The van der Waals surface area contributed by atoms with Crippen molar-refractivity contribution < 1.29 is 22.7 Å². The summed E-state index contributed by atoms with van der Waals surface area (Å²) in [5, 5.41) is 5.17. The Hall–Kier alpha value is -3.99. The molecule has 0 radical (unpaired) electrons. The maximum absolute atomic E-state index is 13.7. The number of amides is 1. The largest absolute Gasteiger partial charge is 0.497 e. The number of ether oxygens (including phenoxy) is 2. The Labute approximate surface area is 249 Å². The van der Waals surface area contributed by atoms with Gasteiger partial charge >= 0.3 is 0 Å². The van der Waals surface area contributed by atoms with Crippen molar-refractivity contribution in [2.45, 2.75) is 18.7 Å². The lowest BCUT2D eigenvalue weighted by atomic mass is 10.2. The second kappa shape index (κ2) is 12.7. The Kier molecular flexibility index (Phi) is 9.27. The number of hydrazone groups is 1. The number of nitrogens with zero attached hydrogens (tertiary/aromatic N) is 3. The van der Waals surface area contributed by atoms with Gasteiger partial charge in [-0.3, -0.25) is 9.10 Å². The second-order valence-corrected chi connectivity index (χ2v) is 11.6. The molecule has 9 nitrogen and oxygen atoms in total. The van der Waals surface area contributed by atoms with Crippen LogP contribution in [0.25, 0.3) is 5.69 Å². The van der Waals surface area contributed by atoms with Crippen LogP contribution in [-0.2, 0) is 14.8 Å². The number of aromatic nitrogens is 1. The molecule has 1 aromatic heterocycles. The van der Waals surface area contributed by atoms with Crippen LogP contribution in [0.15, 0.2) is 82.8 Å². The summed E-state index contributed by atoms with van der Waals surface area (Å²) < 4.78 is 40.9. The van der Waals surface area contributed by atoms with E-state index in [-0.39, 0.29) is 16.3 Å². The van der Waals surface area contributed by atoms with Crippen molar-refractivity contribution in [3.8, 4) is 17.2 Å². The van der Waals surface area contributed by atoms with Crippen molar-refractivity contribution in [3.05, 3.63) is 99.8 Å². The van der Waals surface area contributed by atoms with Crippen LogP contribution in [0.4, 0.5) is 5.69 Å². The van der Waals surface area contributed by atoms with Crippen LogP contribution in [0.5, 0.6) is 11.5 Å². The molecule has 0 unspecified atom stereocenters. The number of methoxy groups -OCH3 is 2. The molecule has 0 saturated heterocycles. The topological polar surface area (TPSA) is 102 Å². The smallest absolute Gasteiger partial charge is 0.264 e. The fourth-order valence-corrected chi connectivity index (χ4v) is 6.12. The van der Waals surface area contributed by atoms with E-state index in [0.717, 1.165) is 21.3 Å². The standard InChI is InChI=1S/C29H28Cl2N4O5S/c1-19-14-21(20(2)35(19)27-15-22(30)10-12-25(27)31)17-32-33-29(36)18-34(41(37,38)24-8-6-5-7-9-24)26-13-11-23(39-3)16-28(26)40-4/h5-17H,18H2,1-4H3,(H,33,36)/b32-17-. The molecule has 0 aliphatic carbocycles. The number of benzene rings is 3. The molecule has 0 aliphatic heterocycles. The van der Waals surface area contributed by atoms with Gasteiger partial charge in [0.1, 0.15) is 18.0 Å². The van der Waals surface area contributed by atoms with Crippen molar-refractivity contribution in [1.82, 2.24) is 9.99 Å². The van der Waals surface area contributed by atoms with E-state index in [1.54, 1.807) is 48.5 Å². The minimum atomic E-state index is -4.15. The average molecular weight is 616 g/mol. The van der Waals surface area contributed by atoms with Crippen LogP contribution in [0.2, 0.25) is 10.0 Å². The molecule has 0 bridgehead atoms. The maximum Gasteiger partial charge on any atom is 0.264 e. The van der Waals surface area contributed by atoms with Crippen molar-refractivity contribution in [1.29, 1.82) is 0 Å². The van der Waals surface area contributed by atoms with Crippen LogP contribution in [0, 0.1) is 13.8 Å². The number of halogens is 2. The first-order valence-electron chi connectivity index (χ1n) is 12.3. The fourth-order valence-electron chi connectivity index (χ4n) is 4.30. The highest BCUT2D eigenvalue weighted by Gasteiger charge is 2.29. The Morgan fingerprint density at radius 1 is 1.00 bits per heavy atom. The summed E-state index contributed by atoms with van der Waals surface area (Å²) in [5.74, 6) is 0.0194. The Morgan fingerprint density at radius 2 is 1.73 bits per heavy atom. The van der Waals surface area contributed by atoms with Crippen LogP contribution in [-0.4, -0.2) is 45.9 Å². The second-order valence-electron chi connectivity index (χ2n) is 8.91. The molecule has 3 aromatic carbocycles. The molecule has 214 valence electrons. The lowest BCUT2D eigenvalue weighted by Gasteiger charge is -2.25. The van der Waals surface area contributed by atoms with Gasteiger partial charge in [0, 0.05) is 28.0 Å². The fraction of sp³-hybridized carbons (Fsp3) is 0.172. The molecule has 41 heavy (non-hydrogen) atoms. The van der Waals surface area contributed by atoms with Crippen molar-refractivity contribution >= 4 is 51.0 Å². The number of carbonyl (C=O) groups excluding carboxylic acids is 1. The zero-order valence-electron chi connectivity index (χ0n) is 22.8. The third-order valence-corrected chi connectivity index (χ3v) is 8.61. The number of aryl methyl sites for hydroxylation is 1. The molecule has 4 rings (SSSR count). The highest BCUT2D eigenvalue weighted by molar-refractivity contribution is 7.92. The molecule has 1 amide bonds. The van der Waals surface area contributed by atoms with E-state index >= 15 is 0 Å². The number of anilines is 1. The predicted octanol–water partition coefficient (Wildman–Crippen LogP) is 5.76. The molecular weight excluding hydrogens is 587 g/mol. The lowest BCUT2D eigenvalue weighted by molar-refractivity contribution is -0.119. The zero-order chi connectivity index (χ0) is 29.7. The monoisotopic (exact) mass is 614 g/mol. The number of hydrogen-bond acceptors (Lipinski definition) is 6. The van der Waals surface area contributed by atoms with Gasteiger partial charge in [0.25, 0.3) is 15.9 Å². The van der Waals surface area contributed by atoms with Gasteiger partial charge in [-0.1, -0.05) is 41.4 Å². The van der Waals surface area contributed by atoms with Gasteiger partial charge in [-0.15, -0.1) is 0 Å². The Bertz CT molecular complexity index is 1710. The van der Waals surface area contributed by atoms with Crippen LogP contribution in [0.3, 0.4) is 0 Å². The van der Waals surface area contributed by atoms with E-state index in [4.69, 9.17) is 32.7 Å². The first-order valence-corrected chi connectivity index (χ1v) is 14.5. The highest BCUT2D eigenvalue weighted by Crippen LogP contribution is 2.35. The summed E-state index contributed by atoms with van der Waals surface area (Å²) in [5.41, 5.74) is 5.74. The molecule has 1 heterocycles. The normalized spacial score (nSPS) is 11.5. The van der Waals surface area contributed by atoms with E-state index in [1.807, 2.05) is 24.5 Å². The van der Waals surface area contributed by atoms with Crippen molar-refractivity contribution in [3.63, 3.8) is 0 Å². The molecule has 0 aliphatic rings. The zero-order valence-corrected chi connectivity index (χ0v) is 25.1. The van der Waals surface area contributed by atoms with Crippen molar-refractivity contribution in [2.75, 3.05) is 25.1 Å². The first kappa shape index (κ1) is 30.0. The number of nitrogens with one attached hydrogen (secondary N) is 1. The lowest BCUT2D eigenvalue weighted by Crippen LogP contribution is -2.39. The highest BCUT2D eigenvalue weighted by atomic mass is 35.5. The Balaban J connectivity index is 1.61. The third kappa shape index (κ3) is 6.51. The van der Waals surface area contributed by atoms with Gasteiger partial charge in [-0.25, -0.2) is 13.8 Å². The molecule has 12 heteroatoms. The van der Waals surface area contributed by atoms with Crippen LogP contribution >= 0.6 is 23.2 Å². The average Bonchev–Trinajstić information content (AvgIpc) is 3.25. The molecule has 0 atom stereocenters. The van der Waals surface area contributed by atoms with Gasteiger partial charge in [0.15, 0.2) is 0 Å². The first-order chi connectivity index (χ1) is 19.6. The van der Waals surface area contributed by atoms with Gasteiger partial charge in [-0.2, -0.15) is 5.10 Å². The summed E-state index contributed by atoms with van der Waals surface area (Å²) in [4.78, 5) is 13.1. The van der Waals surface area contributed by atoms with Gasteiger partial charge in [-0.05, 0) is 62.4 Å². The molecule has 0 fully saturated rings. The molecule has 0 spiro atoms. The van der Waals surface area contributed by atoms with Gasteiger partial charge in [0.2, 0.25) is 0 Å². The van der Waals surface area contributed by atoms with Crippen LogP contribution < -0.4 is 19.2 Å². The quantitative estimate of drug-likeness (QED) is 0.181. The van der Waals surface area contributed by atoms with E-state index in [1.165, 1.54) is 38.6 Å². The number of carbonyl (C=O) groups is 1. The number of sulfonamides is 1. The molecule has 1 N–H and O–H groups in total. The summed E-state index contributed by atoms with van der Waals surface area (Å²) in [7, 11) is -1.26. The minimum absolute atomic E-state index is 0.0151. The minimum Gasteiger partial charge on any atom is -0.497 e. The van der Waals surface area contributed by atoms with E-state index in [0.29, 0.717) is 21.5 Å². The molecule has 4 aromatic rings. The van der Waals surface area contributed by atoms with E-state index in [9.17, 15) is 13.2 Å². The van der Waals surface area contributed by atoms with Crippen molar-refractivity contribution in [2.24, 2.45) is 5.10 Å². The van der Waals surface area contributed by atoms with Gasteiger partial charge in [0.05, 0.1) is 41.7 Å². The molecular formula is C29H28Cl2N4O5S. The summed E-state index contributed by atoms with van der Waals surface area (Å²) >= 11 is 12.6. The number of rotatable bonds is 10. The van der Waals surface area contributed by atoms with E-state index < -0.39 is 22.5 Å². The summed E-state index contributed by atoms with van der Waals surface area (Å²) in [6, 6.07) is 19.6. The summed E-state index contributed by atoms with van der Waals surface area (Å²) in [6.45, 7) is 3.24. The van der Waals surface area contributed by atoms with Crippen LogP contribution in [0.1, 0.15) is 17.0 Å². The van der Waals surface area contributed by atoms with E-state index in [2.05, 4.69) is 10.5 Å². The predicted molar refractivity (Wildman–Crippen MR) is 162 cm³/mol. The third-order valence-electron chi connectivity index (χ3n) is 6.29. The number of hydrogen-bond donors (Lipinski definition) is 1. The maximum atomic E-state index is 13.7.